The van der Waals surface area contributed by atoms with Crippen LogP contribution in [0.5, 0.6) is 0 Å². The molecule has 2 heteroatoms. The first-order valence-electron chi connectivity index (χ1n) is 5.33. The fraction of sp³-hybridized carbons (Fsp3) is 0.214. The maximum atomic E-state index is 11.6. The second-order valence-corrected chi connectivity index (χ2v) is 3.68. The summed E-state index contributed by atoms with van der Waals surface area (Å²) < 4.78 is 5.21. The molecule has 0 saturated carbocycles. The smallest absolute Gasteiger partial charge is 0.338 e. The van der Waals surface area contributed by atoms with Gasteiger partial charge in [0, 0.05) is 5.92 Å². The van der Waals surface area contributed by atoms with Crippen LogP contribution in [0.15, 0.2) is 48.6 Å². The zero-order chi connectivity index (χ0) is 11.2. The van der Waals surface area contributed by atoms with Crippen LogP contribution in [0.25, 0.3) is 0 Å². The van der Waals surface area contributed by atoms with Crippen LogP contribution in [0.2, 0.25) is 0 Å². The SMILES string of the molecule is O=C(OCC1C=CC=CC1)c1[c]cccc1. The van der Waals surface area contributed by atoms with Crippen LogP contribution >= 0.6 is 0 Å². The lowest BCUT2D eigenvalue weighted by molar-refractivity contribution is 0.0465. The summed E-state index contributed by atoms with van der Waals surface area (Å²) in [7, 11) is 0. The van der Waals surface area contributed by atoms with Gasteiger partial charge in [0.1, 0.15) is 0 Å². The molecule has 0 fully saturated rings. The lowest BCUT2D eigenvalue weighted by Crippen LogP contribution is -2.13. The molecule has 2 rings (SSSR count). The maximum Gasteiger partial charge on any atom is 0.338 e. The van der Waals surface area contributed by atoms with Crippen molar-refractivity contribution in [2.75, 3.05) is 6.61 Å². The van der Waals surface area contributed by atoms with E-state index in [1.807, 2.05) is 18.2 Å². The van der Waals surface area contributed by atoms with Crippen molar-refractivity contribution in [2.24, 2.45) is 5.92 Å². The Morgan fingerprint density at radius 2 is 2.38 bits per heavy atom. The summed E-state index contributed by atoms with van der Waals surface area (Å²) in [5, 5.41) is 0. The standard InChI is InChI=1S/C14H13O2/c15-14(13-9-5-2-6-10-13)16-11-12-7-3-1-4-8-12/h1-7,9,12H,8,11H2. The highest BCUT2D eigenvalue weighted by Crippen LogP contribution is 2.12. The van der Waals surface area contributed by atoms with E-state index in [-0.39, 0.29) is 5.97 Å². The minimum atomic E-state index is -0.302. The number of carbonyl (C=O) groups is 1. The molecule has 2 nitrogen and oxygen atoms in total. The highest BCUT2D eigenvalue weighted by Gasteiger charge is 2.10. The van der Waals surface area contributed by atoms with Crippen LogP contribution in [-0.4, -0.2) is 12.6 Å². The van der Waals surface area contributed by atoms with Gasteiger partial charge in [0.05, 0.1) is 12.2 Å². The van der Waals surface area contributed by atoms with Crippen molar-refractivity contribution in [3.05, 3.63) is 60.2 Å². The van der Waals surface area contributed by atoms with Crippen LogP contribution in [0, 0.1) is 12.0 Å². The molecule has 81 valence electrons. The van der Waals surface area contributed by atoms with Crippen molar-refractivity contribution in [2.45, 2.75) is 6.42 Å². The minimum absolute atomic E-state index is 0.302. The molecule has 0 heterocycles. The Morgan fingerprint density at radius 3 is 3.06 bits per heavy atom. The Morgan fingerprint density at radius 1 is 1.44 bits per heavy atom. The molecule has 0 saturated heterocycles. The molecular weight excluding hydrogens is 200 g/mol. The number of ether oxygens (including phenoxy) is 1. The van der Waals surface area contributed by atoms with Crippen molar-refractivity contribution >= 4 is 5.97 Å². The van der Waals surface area contributed by atoms with Gasteiger partial charge >= 0.3 is 5.97 Å². The molecule has 1 aromatic rings. The van der Waals surface area contributed by atoms with Gasteiger partial charge < -0.3 is 4.74 Å². The van der Waals surface area contributed by atoms with Gasteiger partial charge in [0.2, 0.25) is 0 Å². The van der Waals surface area contributed by atoms with Crippen molar-refractivity contribution in [1.82, 2.24) is 0 Å². The number of rotatable bonds is 3. The predicted molar refractivity (Wildman–Crippen MR) is 61.9 cm³/mol. The summed E-state index contributed by atoms with van der Waals surface area (Å²) in [6.45, 7) is 0.433. The van der Waals surface area contributed by atoms with Gasteiger partial charge in [0.15, 0.2) is 0 Å². The molecule has 1 atom stereocenters. The van der Waals surface area contributed by atoms with E-state index >= 15 is 0 Å². The van der Waals surface area contributed by atoms with E-state index < -0.39 is 0 Å². The first-order chi connectivity index (χ1) is 7.86. The third-order valence-electron chi connectivity index (χ3n) is 2.43. The second kappa shape index (κ2) is 5.31. The van der Waals surface area contributed by atoms with Gasteiger partial charge in [-0.2, -0.15) is 0 Å². The number of allylic oxidation sites excluding steroid dienone is 3. The molecule has 1 aromatic carbocycles. The fourth-order valence-electron chi connectivity index (χ4n) is 1.54. The third-order valence-corrected chi connectivity index (χ3v) is 2.43. The summed E-state index contributed by atoms with van der Waals surface area (Å²) in [5.74, 6) is 0.00113. The quantitative estimate of drug-likeness (QED) is 0.722. The Balaban J connectivity index is 1.84. The van der Waals surface area contributed by atoms with Crippen LogP contribution < -0.4 is 0 Å². The van der Waals surface area contributed by atoms with Gasteiger partial charge in [-0.25, -0.2) is 4.79 Å². The summed E-state index contributed by atoms with van der Waals surface area (Å²) >= 11 is 0. The number of hydrogen-bond acceptors (Lipinski definition) is 2. The highest BCUT2D eigenvalue weighted by atomic mass is 16.5. The zero-order valence-corrected chi connectivity index (χ0v) is 8.93. The highest BCUT2D eigenvalue weighted by molar-refractivity contribution is 5.88. The first kappa shape index (κ1) is 10.7. The monoisotopic (exact) mass is 213 g/mol. The lowest BCUT2D eigenvalue weighted by Gasteiger charge is -2.12. The Hall–Kier alpha value is -1.83. The van der Waals surface area contributed by atoms with Crippen LogP contribution in [-0.2, 0) is 4.74 Å². The van der Waals surface area contributed by atoms with Gasteiger partial charge in [0.25, 0.3) is 0 Å². The summed E-state index contributed by atoms with van der Waals surface area (Å²) in [6.07, 6.45) is 9.05. The van der Waals surface area contributed by atoms with Crippen LogP contribution in [0.4, 0.5) is 0 Å². The molecule has 0 bridgehead atoms. The molecule has 0 amide bonds. The van der Waals surface area contributed by atoms with E-state index in [1.54, 1.807) is 18.2 Å². The molecule has 1 aliphatic carbocycles. The summed E-state index contributed by atoms with van der Waals surface area (Å²) in [4.78, 5) is 11.6. The fourth-order valence-corrected chi connectivity index (χ4v) is 1.54. The molecular formula is C14H13O2. The van der Waals surface area contributed by atoms with Crippen molar-refractivity contribution < 1.29 is 9.53 Å². The Bertz CT molecular complexity index is 404. The zero-order valence-electron chi connectivity index (χ0n) is 8.93. The first-order valence-corrected chi connectivity index (χ1v) is 5.33. The average molecular weight is 213 g/mol. The van der Waals surface area contributed by atoms with Crippen molar-refractivity contribution in [3.63, 3.8) is 0 Å². The van der Waals surface area contributed by atoms with Crippen LogP contribution in [0.1, 0.15) is 16.8 Å². The topological polar surface area (TPSA) is 26.3 Å². The molecule has 16 heavy (non-hydrogen) atoms. The van der Waals surface area contributed by atoms with E-state index in [0.29, 0.717) is 18.1 Å². The van der Waals surface area contributed by atoms with Crippen LogP contribution in [0.3, 0.4) is 0 Å². The van der Waals surface area contributed by atoms with E-state index in [9.17, 15) is 4.79 Å². The number of benzene rings is 1. The minimum Gasteiger partial charge on any atom is -0.461 e. The lowest BCUT2D eigenvalue weighted by atomic mass is 10.0. The Labute approximate surface area is 95.2 Å². The van der Waals surface area contributed by atoms with E-state index in [4.69, 9.17) is 4.74 Å². The van der Waals surface area contributed by atoms with Crippen molar-refractivity contribution in [1.29, 1.82) is 0 Å². The summed E-state index contributed by atoms with van der Waals surface area (Å²) in [5.41, 5.74) is 0.484. The van der Waals surface area contributed by atoms with Gasteiger partial charge in [-0.1, -0.05) is 42.5 Å². The molecule has 1 radical (unpaired) electrons. The van der Waals surface area contributed by atoms with E-state index in [0.717, 1.165) is 6.42 Å². The van der Waals surface area contributed by atoms with Crippen molar-refractivity contribution in [3.8, 4) is 0 Å². The molecule has 0 N–H and O–H groups in total. The maximum absolute atomic E-state index is 11.6. The van der Waals surface area contributed by atoms with E-state index in [2.05, 4.69) is 18.2 Å². The molecule has 0 aromatic heterocycles. The summed E-state index contributed by atoms with van der Waals surface area (Å²) in [6, 6.07) is 9.89. The number of carbonyl (C=O) groups excluding carboxylic acids is 1. The molecule has 1 aliphatic rings. The number of esters is 1. The largest absolute Gasteiger partial charge is 0.461 e. The van der Waals surface area contributed by atoms with Gasteiger partial charge in [-0.05, 0) is 18.6 Å². The predicted octanol–water partition coefficient (Wildman–Crippen LogP) is 2.78. The number of hydrogen-bond donors (Lipinski definition) is 0. The molecule has 0 spiro atoms. The second-order valence-electron chi connectivity index (χ2n) is 3.68. The van der Waals surface area contributed by atoms with Gasteiger partial charge in [-0.3, -0.25) is 0 Å². The van der Waals surface area contributed by atoms with E-state index in [1.165, 1.54) is 0 Å². The normalized spacial score (nSPS) is 18.4. The van der Waals surface area contributed by atoms with Gasteiger partial charge in [-0.15, -0.1) is 0 Å². The molecule has 0 aliphatic heterocycles. The molecule has 1 unspecified atom stereocenters. The Kier molecular flexibility index (Phi) is 3.54. The average Bonchev–Trinajstić information content (AvgIpc) is 2.38. The third kappa shape index (κ3) is 2.83.